The number of aliphatic hydroxyl groups is 3. The van der Waals surface area contributed by atoms with E-state index >= 15 is 0 Å². The van der Waals surface area contributed by atoms with Crippen molar-refractivity contribution in [3.8, 4) is 0 Å². The normalized spacial score (nSPS) is 38.8. The van der Waals surface area contributed by atoms with Crippen molar-refractivity contribution >= 4 is 23.9 Å². The molecule has 0 radical (unpaired) electrons. The summed E-state index contributed by atoms with van der Waals surface area (Å²) < 4.78 is 30.3. The van der Waals surface area contributed by atoms with E-state index in [4.69, 9.17) is 23.7 Å². The molecule has 3 fully saturated rings. The predicted octanol–water partition coefficient (Wildman–Crippen LogP) is 2.02. The van der Waals surface area contributed by atoms with Gasteiger partial charge in [-0.05, 0) is 50.5 Å². The van der Waals surface area contributed by atoms with Crippen molar-refractivity contribution in [2.75, 3.05) is 6.61 Å². The van der Waals surface area contributed by atoms with Crippen LogP contribution in [0, 0.1) is 16.7 Å². The molecular formula is C33H42O12. The molecule has 1 heterocycles. The summed E-state index contributed by atoms with van der Waals surface area (Å²) in [6.45, 7) is 9.64. The van der Waals surface area contributed by atoms with Gasteiger partial charge in [-0.3, -0.25) is 14.4 Å². The van der Waals surface area contributed by atoms with Crippen LogP contribution in [0.1, 0.15) is 71.7 Å². The quantitative estimate of drug-likeness (QED) is 0.237. The third-order valence-electron chi connectivity index (χ3n) is 10.5. The van der Waals surface area contributed by atoms with Gasteiger partial charge in [0.15, 0.2) is 5.60 Å². The highest BCUT2D eigenvalue weighted by Gasteiger charge is 2.80. The summed E-state index contributed by atoms with van der Waals surface area (Å²) in [6.07, 6.45) is -7.93. The van der Waals surface area contributed by atoms with Crippen LogP contribution in [0.25, 0.3) is 0 Å². The lowest BCUT2D eigenvalue weighted by atomic mass is 9.49. The zero-order valence-electron chi connectivity index (χ0n) is 26.6. The molecule has 0 spiro atoms. The second-order valence-corrected chi connectivity index (χ2v) is 13.5. The van der Waals surface area contributed by atoms with E-state index < -0.39 is 88.5 Å². The first-order chi connectivity index (χ1) is 20.9. The smallest absolute Gasteiger partial charge is 0.338 e. The van der Waals surface area contributed by atoms with Gasteiger partial charge in [-0.15, -0.1) is 0 Å². The predicted molar refractivity (Wildman–Crippen MR) is 155 cm³/mol. The van der Waals surface area contributed by atoms with Crippen LogP contribution in [0.3, 0.4) is 0 Å². The summed E-state index contributed by atoms with van der Waals surface area (Å²) in [4.78, 5) is 52.1. The molecule has 5 rings (SSSR count). The van der Waals surface area contributed by atoms with Gasteiger partial charge in [0.05, 0.1) is 40.6 Å². The second kappa shape index (κ2) is 11.2. The fraction of sp³-hybridized carbons (Fsp3) is 0.636. The molecule has 1 unspecified atom stereocenters. The van der Waals surface area contributed by atoms with Crippen molar-refractivity contribution in [3.05, 3.63) is 47.0 Å². The molecule has 45 heavy (non-hydrogen) atoms. The van der Waals surface area contributed by atoms with Crippen LogP contribution >= 0.6 is 0 Å². The van der Waals surface area contributed by atoms with E-state index in [1.165, 1.54) is 27.7 Å². The number of aliphatic hydroxyl groups excluding tert-OH is 2. The molecule has 2 saturated carbocycles. The van der Waals surface area contributed by atoms with Crippen molar-refractivity contribution in [3.63, 3.8) is 0 Å². The lowest BCUT2D eigenvalue weighted by molar-refractivity contribution is -0.352. The van der Waals surface area contributed by atoms with E-state index in [9.17, 15) is 34.5 Å². The number of hydrogen-bond acceptors (Lipinski definition) is 12. The van der Waals surface area contributed by atoms with E-state index in [1.807, 2.05) is 0 Å². The topological polar surface area (TPSA) is 175 Å². The summed E-state index contributed by atoms with van der Waals surface area (Å²) >= 11 is 0. The minimum atomic E-state index is -1.80. The number of ether oxygens (including phenoxy) is 5. The van der Waals surface area contributed by atoms with Gasteiger partial charge in [-0.2, -0.15) is 0 Å². The summed E-state index contributed by atoms with van der Waals surface area (Å²) in [5, 5.41) is 35.9. The van der Waals surface area contributed by atoms with Gasteiger partial charge in [-0.1, -0.05) is 25.1 Å². The largest absolute Gasteiger partial charge is 0.462 e. The molecular weight excluding hydrogens is 588 g/mol. The van der Waals surface area contributed by atoms with Gasteiger partial charge in [0.25, 0.3) is 0 Å². The molecule has 3 N–H and O–H groups in total. The molecule has 1 aromatic carbocycles. The average Bonchev–Trinajstić information content (AvgIpc) is 3.18. The van der Waals surface area contributed by atoms with Gasteiger partial charge in [-0.25, -0.2) is 4.79 Å². The first kappa shape index (κ1) is 33.1. The molecule has 10 atom stereocenters. The third-order valence-corrected chi connectivity index (χ3v) is 10.5. The summed E-state index contributed by atoms with van der Waals surface area (Å²) in [5.74, 6) is -4.09. The third kappa shape index (κ3) is 4.88. The fourth-order valence-electron chi connectivity index (χ4n) is 8.71. The minimum Gasteiger partial charge on any atom is -0.462 e. The van der Waals surface area contributed by atoms with Crippen LogP contribution in [0.5, 0.6) is 0 Å². The van der Waals surface area contributed by atoms with E-state index in [1.54, 1.807) is 44.2 Å². The van der Waals surface area contributed by atoms with Gasteiger partial charge in [0.1, 0.15) is 30.5 Å². The second-order valence-electron chi connectivity index (χ2n) is 13.5. The molecule has 3 aliphatic carbocycles. The molecule has 1 aliphatic heterocycles. The van der Waals surface area contributed by atoms with Crippen molar-refractivity contribution in [2.45, 2.75) is 109 Å². The summed E-state index contributed by atoms with van der Waals surface area (Å²) in [7, 11) is 0. The van der Waals surface area contributed by atoms with Crippen LogP contribution in [0.2, 0.25) is 0 Å². The van der Waals surface area contributed by atoms with Crippen LogP contribution in [0.15, 0.2) is 41.5 Å². The number of esters is 4. The Hall–Kier alpha value is -3.32. The number of rotatable bonds is 6. The maximum atomic E-state index is 14.0. The maximum absolute atomic E-state index is 14.0. The molecule has 0 amide bonds. The Kier molecular flexibility index (Phi) is 8.21. The van der Waals surface area contributed by atoms with Crippen molar-refractivity contribution in [1.29, 1.82) is 0 Å². The van der Waals surface area contributed by atoms with E-state index in [0.717, 1.165) is 6.92 Å². The fourth-order valence-corrected chi connectivity index (χ4v) is 8.71. The van der Waals surface area contributed by atoms with Crippen molar-refractivity contribution in [2.24, 2.45) is 16.7 Å². The minimum absolute atomic E-state index is 0.000130. The molecule has 1 aromatic rings. The SMILES string of the molecule is CC(=O)O[C@H]1C[C@H]2OC[C@@]2(OC(C)=O)C2[C@H](OC(=O)c3ccccc3)[C@]3(C(C)(C)O)C[C@H](O)C(C)=C3[C@@H](O)[C@H](OC(C)=O)[C@@]21C. The standard InChI is InChI=1S/C33H42O12/c1-16-21(37)14-32(30(5,6)40)24(16)25(38)27(43-18(3)35)31(7)22(42-17(2)34)13-23-33(15-41-23,45-19(4)36)26(31)28(32)44-29(39)20-11-9-8-10-12-20/h8-12,21-23,25-28,37-38,40H,13-15H2,1-7H3/t21-,22-,23+,25+,26?,27-,28-,31+,32-,33-/m0/s1. The van der Waals surface area contributed by atoms with Crippen molar-refractivity contribution < 1.29 is 58.2 Å². The molecule has 4 aliphatic rings. The highest BCUT2D eigenvalue weighted by Crippen LogP contribution is 2.68. The number of hydrogen-bond donors (Lipinski definition) is 3. The van der Waals surface area contributed by atoms with Gasteiger partial charge in [0.2, 0.25) is 0 Å². The van der Waals surface area contributed by atoms with Crippen LogP contribution in [-0.2, 0) is 38.1 Å². The number of carbonyl (C=O) groups excluding carboxylic acids is 4. The van der Waals surface area contributed by atoms with E-state index in [-0.39, 0.29) is 30.6 Å². The highest BCUT2D eigenvalue weighted by molar-refractivity contribution is 5.89. The van der Waals surface area contributed by atoms with Gasteiger partial charge >= 0.3 is 23.9 Å². The molecule has 12 nitrogen and oxygen atoms in total. The number of benzene rings is 1. The maximum Gasteiger partial charge on any atom is 0.338 e. The molecule has 0 bridgehead atoms. The lowest BCUT2D eigenvalue weighted by Crippen LogP contribution is -2.79. The Labute approximate surface area is 261 Å². The highest BCUT2D eigenvalue weighted by atomic mass is 16.6. The van der Waals surface area contributed by atoms with Crippen LogP contribution < -0.4 is 0 Å². The Bertz CT molecular complexity index is 1410. The number of carbonyl (C=O) groups is 4. The average molecular weight is 631 g/mol. The van der Waals surface area contributed by atoms with E-state index in [2.05, 4.69) is 0 Å². The van der Waals surface area contributed by atoms with Gasteiger partial charge < -0.3 is 39.0 Å². The zero-order valence-corrected chi connectivity index (χ0v) is 26.6. The molecule has 0 aromatic heterocycles. The Morgan fingerprint density at radius 3 is 2.07 bits per heavy atom. The Balaban J connectivity index is 1.90. The van der Waals surface area contributed by atoms with Crippen molar-refractivity contribution in [1.82, 2.24) is 0 Å². The summed E-state index contributed by atoms with van der Waals surface area (Å²) in [5.41, 5.74) is -6.04. The van der Waals surface area contributed by atoms with Crippen LogP contribution in [0.4, 0.5) is 0 Å². The molecule has 1 saturated heterocycles. The lowest BCUT2D eigenvalue weighted by Gasteiger charge is -2.65. The number of fused-ring (bicyclic) bond motifs is 4. The monoisotopic (exact) mass is 630 g/mol. The molecule has 12 heteroatoms. The zero-order chi connectivity index (χ0) is 33.3. The first-order valence-electron chi connectivity index (χ1n) is 15.1. The summed E-state index contributed by atoms with van der Waals surface area (Å²) in [6, 6.07) is 8.14. The van der Waals surface area contributed by atoms with E-state index in [0.29, 0.717) is 5.57 Å². The Morgan fingerprint density at radius 1 is 0.933 bits per heavy atom. The molecule has 246 valence electrons. The van der Waals surface area contributed by atoms with Crippen LogP contribution in [-0.4, -0.2) is 93.6 Å². The Morgan fingerprint density at radius 2 is 1.56 bits per heavy atom. The first-order valence-corrected chi connectivity index (χ1v) is 15.1. The van der Waals surface area contributed by atoms with Gasteiger partial charge in [0, 0.05) is 27.2 Å².